The van der Waals surface area contributed by atoms with Gasteiger partial charge in [-0.15, -0.1) is 11.8 Å². The quantitative estimate of drug-likeness (QED) is 0.718. The number of hydrogen-bond donors (Lipinski definition) is 0. The van der Waals surface area contributed by atoms with Crippen LogP contribution in [-0.4, -0.2) is 24.4 Å². The summed E-state index contributed by atoms with van der Waals surface area (Å²) in [6.07, 6.45) is 0.345. The molecule has 0 spiro atoms. The Balaban J connectivity index is 1.92. The number of nitriles is 1. The molecule has 0 aromatic heterocycles. The van der Waals surface area contributed by atoms with Crippen LogP contribution in [-0.2, 0) is 5.75 Å². The number of carbonyl (C=O) groups excluding carboxylic acids is 1. The lowest BCUT2D eigenvalue weighted by molar-refractivity contribution is 0.0798. The molecule has 0 aliphatic carbocycles. The summed E-state index contributed by atoms with van der Waals surface area (Å²) in [6, 6.07) is 17.4. The molecule has 0 heterocycles. The molecule has 0 N–H and O–H groups in total. The first kappa shape index (κ1) is 17.4. The van der Waals surface area contributed by atoms with Gasteiger partial charge in [0.1, 0.15) is 0 Å². The fourth-order valence-electron chi connectivity index (χ4n) is 1.98. The predicted molar refractivity (Wildman–Crippen MR) is 94.6 cm³/mol. The Morgan fingerprint density at radius 3 is 2.43 bits per heavy atom. The maximum Gasteiger partial charge on any atom is 0.253 e. The summed E-state index contributed by atoms with van der Waals surface area (Å²) in [5, 5.41) is 9.31. The largest absolute Gasteiger partial charge is 0.341 e. The molecule has 2 aromatic rings. The van der Waals surface area contributed by atoms with E-state index in [0.29, 0.717) is 18.5 Å². The van der Waals surface area contributed by atoms with Gasteiger partial charge in [-0.25, -0.2) is 0 Å². The Morgan fingerprint density at radius 1 is 1.17 bits per heavy atom. The van der Waals surface area contributed by atoms with Gasteiger partial charge >= 0.3 is 0 Å². The van der Waals surface area contributed by atoms with E-state index in [2.05, 4.69) is 0 Å². The molecule has 0 aliphatic rings. The van der Waals surface area contributed by atoms with Gasteiger partial charge in [-0.2, -0.15) is 5.26 Å². The van der Waals surface area contributed by atoms with Crippen molar-refractivity contribution in [2.24, 2.45) is 0 Å². The van der Waals surface area contributed by atoms with Crippen LogP contribution in [0.2, 0.25) is 5.02 Å². The second-order valence-electron chi connectivity index (χ2n) is 5.07. The third kappa shape index (κ3) is 5.31. The highest BCUT2D eigenvalue weighted by atomic mass is 35.5. The van der Waals surface area contributed by atoms with E-state index in [0.717, 1.165) is 21.2 Å². The summed E-state index contributed by atoms with van der Waals surface area (Å²) in [5.74, 6) is 0.776. The van der Waals surface area contributed by atoms with E-state index in [-0.39, 0.29) is 5.91 Å². The Labute approximate surface area is 145 Å². The first-order valence-corrected chi connectivity index (χ1v) is 8.56. The number of nitrogens with zero attached hydrogens (tertiary/aromatic N) is 2. The minimum absolute atomic E-state index is 0.0582. The average molecular weight is 345 g/mol. The minimum Gasteiger partial charge on any atom is -0.341 e. The van der Waals surface area contributed by atoms with Crippen LogP contribution in [0, 0.1) is 11.3 Å². The van der Waals surface area contributed by atoms with Gasteiger partial charge in [-0.05, 0) is 42.0 Å². The van der Waals surface area contributed by atoms with Crippen molar-refractivity contribution in [3.05, 3.63) is 64.7 Å². The molecule has 2 aromatic carbocycles. The highest BCUT2D eigenvalue weighted by molar-refractivity contribution is 7.98. The van der Waals surface area contributed by atoms with Gasteiger partial charge in [-0.1, -0.05) is 23.7 Å². The summed E-state index contributed by atoms with van der Waals surface area (Å²) in [7, 11) is 1.71. The van der Waals surface area contributed by atoms with E-state index in [1.807, 2.05) is 54.6 Å². The van der Waals surface area contributed by atoms with Gasteiger partial charge in [0.05, 0.1) is 12.5 Å². The summed E-state index contributed by atoms with van der Waals surface area (Å²) < 4.78 is 0. The van der Waals surface area contributed by atoms with Gasteiger partial charge < -0.3 is 4.90 Å². The van der Waals surface area contributed by atoms with Gasteiger partial charge in [-0.3, -0.25) is 4.79 Å². The van der Waals surface area contributed by atoms with Gasteiger partial charge in [0, 0.05) is 34.8 Å². The number of halogens is 1. The third-order valence-corrected chi connectivity index (χ3v) is 4.66. The maximum absolute atomic E-state index is 12.2. The number of carbonyl (C=O) groups is 1. The Kier molecular flexibility index (Phi) is 6.52. The fourth-order valence-corrected chi connectivity index (χ4v) is 2.96. The molecule has 1 amide bonds. The SMILES string of the molecule is CN(CCC#N)C(=O)c1ccc(CSc2ccc(Cl)cc2)cc1. The number of rotatable bonds is 6. The first-order chi connectivity index (χ1) is 11.1. The van der Waals surface area contributed by atoms with Crippen LogP contribution in [0.25, 0.3) is 0 Å². The predicted octanol–water partition coefficient (Wildman–Crippen LogP) is 4.62. The van der Waals surface area contributed by atoms with Gasteiger partial charge in [0.25, 0.3) is 5.91 Å². The highest BCUT2D eigenvalue weighted by Crippen LogP contribution is 2.24. The molecule has 0 unspecified atom stereocenters. The maximum atomic E-state index is 12.2. The summed E-state index contributed by atoms with van der Waals surface area (Å²) in [6.45, 7) is 0.448. The van der Waals surface area contributed by atoms with Crippen molar-refractivity contribution in [3.63, 3.8) is 0 Å². The van der Waals surface area contributed by atoms with Crippen molar-refractivity contribution in [1.29, 1.82) is 5.26 Å². The van der Waals surface area contributed by atoms with E-state index in [1.54, 1.807) is 23.7 Å². The number of amides is 1. The molecular formula is C18H17ClN2OS. The van der Waals surface area contributed by atoms with Crippen LogP contribution in [0.4, 0.5) is 0 Å². The smallest absolute Gasteiger partial charge is 0.253 e. The lowest BCUT2D eigenvalue weighted by Crippen LogP contribution is -2.27. The van der Waals surface area contributed by atoms with Crippen molar-refractivity contribution < 1.29 is 4.79 Å². The summed E-state index contributed by atoms with van der Waals surface area (Å²) in [4.78, 5) is 14.9. The van der Waals surface area contributed by atoms with Gasteiger partial charge in [0.2, 0.25) is 0 Å². The molecular weight excluding hydrogens is 328 g/mol. The molecule has 5 heteroatoms. The zero-order valence-electron chi connectivity index (χ0n) is 12.8. The second kappa shape index (κ2) is 8.61. The molecule has 0 saturated carbocycles. The lowest BCUT2D eigenvalue weighted by Gasteiger charge is -2.15. The minimum atomic E-state index is -0.0582. The average Bonchev–Trinajstić information content (AvgIpc) is 2.59. The highest BCUT2D eigenvalue weighted by Gasteiger charge is 2.10. The molecule has 0 saturated heterocycles. The van der Waals surface area contributed by atoms with Crippen molar-refractivity contribution >= 4 is 29.3 Å². The van der Waals surface area contributed by atoms with Crippen LogP contribution in [0.15, 0.2) is 53.4 Å². The molecule has 0 aliphatic heterocycles. The Bertz CT molecular complexity index is 692. The molecule has 0 atom stereocenters. The van der Waals surface area contributed by atoms with Crippen LogP contribution >= 0.6 is 23.4 Å². The van der Waals surface area contributed by atoms with Crippen LogP contribution in [0.5, 0.6) is 0 Å². The monoisotopic (exact) mass is 344 g/mol. The normalized spacial score (nSPS) is 10.1. The zero-order valence-corrected chi connectivity index (χ0v) is 14.4. The van der Waals surface area contributed by atoms with Crippen LogP contribution in [0.3, 0.4) is 0 Å². The van der Waals surface area contributed by atoms with Crippen molar-refractivity contribution in [2.45, 2.75) is 17.1 Å². The second-order valence-corrected chi connectivity index (χ2v) is 6.56. The van der Waals surface area contributed by atoms with E-state index >= 15 is 0 Å². The number of benzene rings is 2. The van der Waals surface area contributed by atoms with E-state index in [1.165, 1.54) is 0 Å². The van der Waals surface area contributed by atoms with E-state index < -0.39 is 0 Å². The topological polar surface area (TPSA) is 44.1 Å². The first-order valence-electron chi connectivity index (χ1n) is 7.20. The Hall–Kier alpha value is -1.96. The molecule has 118 valence electrons. The van der Waals surface area contributed by atoms with Crippen LogP contribution in [0.1, 0.15) is 22.3 Å². The number of thioether (sulfide) groups is 1. The fraction of sp³-hybridized carbons (Fsp3) is 0.222. The van der Waals surface area contributed by atoms with Crippen molar-refractivity contribution in [3.8, 4) is 6.07 Å². The Morgan fingerprint density at radius 2 is 1.83 bits per heavy atom. The molecule has 0 radical (unpaired) electrons. The van der Waals surface area contributed by atoms with Gasteiger partial charge in [0.15, 0.2) is 0 Å². The lowest BCUT2D eigenvalue weighted by atomic mass is 10.1. The molecule has 23 heavy (non-hydrogen) atoms. The molecule has 0 fully saturated rings. The van der Waals surface area contributed by atoms with E-state index in [9.17, 15) is 4.79 Å². The van der Waals surface area contributed by atoms with Crippen molar-refractivity contribution in [2.75, 3.05) is 13.6 Å². The van der Waals surface area contributed by atoms with E-state index in [4.69, 9.17) is 16.9 Å². The third-order valence-electron chi connectivity index (χ3n) is 3.33. The number of hydrogen-bond acceptors (Lipinski definition) is 3. The van der Waals surface area contributed by atoms with Crippen molar-refractivity contribution in [1.82, 2.24) is 4.90 Å². The molecule has 3 nitrogen and oxygen atoms in total. The summed E-state index contributed by atoms with van der Waals surface area (Å²) in [5.41, 5.74) is 1.80. The van der Waals surface area contributed by atoms with Crippen LogP contribution < -0.4 is 0 Å². The zero-order chi connectivity index (χ0) is 16.7. The molecule has 2 rings (SSSR count). The standard InChI is InChI=1S/C18H17ClN2OS/c1-21(12-2-11-20)18(22)15-5-3-14(4-6-15)13-23-17-9-7-16(19)8-10-17/h3-10H,2,12-13H2,1H3. The summed E-state index contributed by atoms with van der Waals surface area (Å²) >= 11 is 7.59. The molecule has 0 bridgehead atoms.